The molecule has 0 aromatic carbocycles. The molecule has 0 saturated carbocycles. The van der Waals surface area contributed by atoms with Crippen LogP contribution in [0, 0.1) is 6.92 Å². The number of carbonyl (C=O) groups excluding carboxylic acids is 1. The first kappa shape index (κ1) is 12.8. The van der Waals surface area contributed by atoms with Crippen molar-refractivity contribution in [3.05, 3.63) is 17.5 Å². The van der Waals surface area contributed by atoms with E-state index in [0.717, 1.165) is 19.4 Å². The van der Waals surface area contributed by atoms with E-state index in [9.17, 15) is 4.79 Å². The van der Waals surface area contributed by atoms with Crippen molar-refractivity contribution in [3.8, 4) is 0 Å². The largest absolute Gasteiger partial charge is 0.376 e. The molecule has 6 heteroatoms. The van der Waals surface area contributed by atoms with Gasteiger partial charge in [0.25, 0.3) is 5.91 Å². The Balaban J connectivity index is 2.04. The number of nitrogens with zero attached hydrogens (tertiary/aromatic N) is 3. The maximum Gasteiger partial charge on any atom is 0.272 e. The third-order valence-electron chi connectivity index (χ3n) is 2.94. The first-order valence-electron chi connectivity index (χ1n) is 6.04. The molecule has 1 aromatic heterocycles. The number of ether oxygens (including phenoxy) is 1. The molecule has 98 valence electrons. The van der Waals surface area contributed by atoms with E-state index in [1.165, 1.54) is 0 Å². The van der Waals surface area contributed by atoms with Crippen molar-refractivity contribution in [3.63, 3.8) is 0 Å². The van der Waals surface area contributed by atoms with Crippen LogP contribution in [0.5, 0.6) is 0 Å². The summed E-state index contributed by atoms with van der Waals surface area (Å²) in [5, 5.41) is 0. The smallest absolute Gasteiger partial charge is 0.272 e. The average Bonchev–Trinajstić information content (AvgIpc) is 2.79. The normalized spacial score (nSPS) is 18.9. The van der Waals surface area contributed by atoms with E-state index in [4.69, 9.17) is 10.5 Å². The molecule has 1 unspecified atom stereocenters. The number of anilines is 1. The number of carbonyl (C=O) groups is 1. The Labute approximate surface area is 106 Å². The predicted molar refractivity (Wildman–Crippen MR) is 67.1 cm³/mol. The fourth-order valence-electron chi connectivity index (χ4n) is 2.07. The Morgan fingerprint density at radius 2 is 2.39 bits per heavy atom. The lowest BCUT2D eigenvalue weighted by Gasteiger charge is -2.20. The zero-order valence-corrected chi connectivity index (χ0v) is 10.7. The number of hydrogen-bond acceptors (Lipinski definition) is 5. The van der Waals surface area contributed by atoms with Crippen molar-refractivity contribution >= 4 is 11.9 Å². The van der Waals surface area contributed by atoms with Crippen LogP contribution in [0.4, 0.5) is 5.95 Å². The minimum Gasteiger partial charge on any atom is -0.376 e. The number of amides is 1. The molecule has 0 spiro atoms. The van der Waals surface area contributed by atoms with Crippen LogP contribution in [0.1, 0.15) is 29.0 Å². The maximum atomic E-state index is 12.2. The lowest BCUT2D eigenvalue weighted by molar-refractivity contribution is 0.0582. The highest BCUT2D eigenvalue weighted by atomic mass is 16.5. The van der Waals surface area contributed by atoms with Crippen molar-refractivity contribution < 1.29 is 9.53 Å². The summed E-state index contributed by atoms with van der Waals surface area (Å²) < 4.78 is 5.51. The van der Waals surface area contributed by atoms with Gasteiger partial charge in [0, 0.05) is 25.9 Å². The van der Waals surface area contributed by atoms with Crippen LogP contribution in [0.25, 0.3) is 0 Å². The third-order valence-corrected chi connectivity index (χ3v) is 2.94. The number of nitrogens with two attached hydrogens (primary N) is 1. The van der Waals surface area contributed by atoms with Crippen molar-refractivity contribution in [2.24, 2.45) is 0 Å². The van der Waals surface area contributed by atoms with Gasteiger partial charge in [0.1, 0.15) is 5.69 Å². The molecule has 1 aromatic rings. The Kier molecular flexibility index (Phi) is 3.76. The molecular weight excluding hydrogens is 232 g/mol. The molecule has 1 atom stereocenters. The Bertz CT molecular complexity index is 423. The highest BCUT2D eigenvalue weighted by Gasteiger charge is 2.21. The standard InChI is InChI=1S/C12H18N4O2/c1-8-6-10(15-12(13)14-8)11(17)16(2)7-9-4-3-5-18-9/h6,9H,3-5,7H2,1-2H3,(H2,13,14,15). The minimum atomic E-state index is -0.150. The number of likely N-dealkylation sites (N-methyl/N-ethyl adjacent to an activating group) is 1. The van der Waals surface area contributed by atoms with Crippen molar-refractivity contribution in [1.29, 1.82) is 0 Å². The van der Waals surface area contributed by atoms with Gasteiger partial charge in [-0.1, -0.05) is 0 Å². The first-order valence-corrected chi connectivity index (χ1v) is 6.04. The number of nitrogen functional groups attached to an aromatic ring is 1. The molecule has 1 fully saturated rings. The number of hydrogen-bond donors (Lipinski definition) is 1. The molecule has 0 aliphatic carbocycles. The minimum absolute atomic E-state index is 0.129. The van der Waals surface area contributed by atoms with E-state index in [-0.39, 0.29) is 18.0 Å². The van der Waals surface area contributed by atoms with Crippen LogP contribution in [-0.2, 0) is 4.74 Å². The van der Waals surface area contributed by atoms with E-state index in [0.29, 0.717) is 17.9 Å². The van der Waals surface area contributed by atoms with Crippen molar-refractivity contribution in [1.82, 2.24) is 14.9 Å². The summed E-state index contributed by atoms with van der Waals surface area (Å²) >= 11 is 0. The zero-order valence-electron chi connectivity index (χ0n) is 10.7. The van der Waals surface area contributed by atoms with Gasteiger partial charge in [-0.3, -0.25) is 4.79 Å². The fourth-order valence-corrected chi connectivity index (χ4v) is 2.07. The van der Waals surface area contributed by atoms with Crippen LogP contribution >= 0.6 is 0 Å². The van der Waals surface area contributed by atoms with E-state index in [2.05, 4.69) is 9.97 Å². The predicted octanol–water partition coefficient (Wildman–Crippen LogP) is 0.618. The number of rotatable bonds is 3. The highest BCUT2D eigenvalue weighted by Crippen LogP contribution is 2.14. The van der Waals surface area contributed by atoms with Crippen LogP contribution in [0.3, 0.4) is 0 Å². The Hall–Kier alpha value is -1.69. The molecule has 1 amide bonds. The van der Waals surface area contributed by atoms with Gasteiger partial charge in [-0.25, -0.2) is 9.97 Å². The zero-order chi connectivity index (χ0) is 13.1. The lowest BCUT2D eigenvalue weighted by Crippen LogP contribution is -2.34. The summed E-state index contributed by atoms with van der Waals surface area (Å²) in [7, 11) is 1.75. The molecule has 6 nitrogen and oxygen atoms in total. The topological polar surface area (TPSA) is 81.3 Å². The molecule has 0 radical (unpaired) electrons. The second-order valence-corrected chi connectivity index (χ2v) is 4.57. The monoisotopic (exact) mass is 250 g/mol. The molecule has 2 heterocycles. The van der Waals surface area contributed by atoms with Crippen LogP contribution < -0.4 is 5.73 Å². The quantitative estimate of drug-likeness (QED) is 0.850. The second-order valence-electron chi connectivity index (χ2n) is 4.57. The van der Waals surface area contributed by atoms with Gasteiger partial charge >= 0.3 is 0 Å². The second kappa shape index (κ2) is 5.30. The van der Waals surface area contributed by atoms with Gasteiger partial charge in [-0.15, -0.1) is 0 Å². The summed E-state index contributed by atoms with van der Waals surface area (Å²) in [6.45, 7) is 3.16. The molecule has 1 aliphatic rings. The van der Waals surface area contributed by atoms with Gasteiger partial charge in [-0.2, -0.15) is 0 Å². The van der Waals surface area contributed by atoms with Crippen LogP contribution in [-0.4, -0.2) is 47.1 Å². The SMILES string of the molecule is Cc1cc(C(=O)N(C)CC2CCCO2)nc(N)n1. The summed E-state index contributed by atoms with van der Waals surface area (Å²) in [4.78, 5) is 21.7. The van der Waals surface area contributed by atoms with E-state index < -0.39 is 0 Å². The van der Waals surface area contributed by atoms with Gasteiger partial charge in [0.05, 0.1) is 6.10 Å². The van der Waals surface area contributed by atoms with E-state index in [1.54, 1.807) is 24.9 Å². The molecule has 0 bridgehead atoms. The van der Waals surface area contributed by atoms with Gasteiger partial charge in [0.15, 0.2) is 0 Å². The summed E-state index contributed by atoms with van der Waals surface area (Å²) in [5.74, 6) is -0.0217. The molecule has 2 N–H and O–H groups in total. The van der Waals surface area contributed by atoms with Crippen molar-refractivity contribution in [2.45, 2.75) is 25.9 Å². The third kappa shape index (κ3) is 2.95. The molecular formula is C12H18N4O2. The fraction of sp³-hybridized carbons (Fsp3) is 0.583. The molecule has 18 heavy (non-hydrogen) atoms. The van der Waals surface area contributed by atoms with Gasteiger partial charge in [-0.05, 0) is 25.8 Å². The summed E-state index contributed by atoms with van der Waals surface area (Å²) in [5.41, 5.74) is 6.57. The Morgan fingerprint density at radius 1 is 1.61 bits per heavy atom. The molecule has 1 saturated heterocycles. The maximum absolute atomic E-state index is 12.2. The van der Waals surface area contributed by atoms with E-state index in [1.807, 2.05) is 0 Å². The summed E-state index contributed by atoms with van der Waals surface area (Å²) in [6, 6.07) is 1.64. The molecule has 2 rings (SSSR count). The number of aryl methyl sites for hydroxylation is 1. The summed E-state index contributed by atoms with van der Waals surface area (Å²) in [6.07, 6.45) is 2.20. The lowest BCUT2D eigenvalue weighted by atomic mass is 10.2. The van der Waals surface area contributed by atoms with Crippen LogP contribution in [0.15, 0.2) is 6.07 Å². The number of aromatic nitrogens is 2. The highest BCUT2D eigenvalue weighted by molar-refractivity contribution is 5.92. The van der Waals surface area contributed by atoms with E-state index >= 15 is 0 Å². The Morgan fingerprint density at radius 3 is 3.00 bits per heavy atom. The van der Waals surface area contributed by atoms with Crippen LogP contribution in [0.2, 0.25) is 0 Å². The average molecular weight is 250 g/mol. The first-order chi connectivity index (χ1) is 8.56. The van der Waals surface area contributed by atoms with Gasteiger partial charge < -0.3 is 15.4 Å². The van der Waals surface area contributed by atoms with Gasteiger partial charge in [0.2, 0.25) is 5.95 Å². The molecule has 1 aliphatic heterocycles. The van der Waals surface area contributed by atoms with Crippen molar-refractivity contribution in [2.75, 3.05) is 25.9 Å².